The van der Waals surface area contributed by atoms with Crippen LogP contribution in [-0.2, 0) is 0 Å². The summed E-state index contributed by atoms with van der Waals surface area (Å²) in [4.78, 5) is 12.4. The number of nitrogens with zero attached hydrogens (tertiary/aromatic N) is 3. The molecule has 1 aromatic heterocycles. The molecule has 0 radical (unpaired) electrons. The van der Waals surface area contributed by atoms with Gasteiger partial charge in [-0.2, -0.15) is 15.0 Å². The van der Waals surface area contributed by atoms with Crippen molar-refractivity contribution in [3.05, 3.63) is 5.28 Å². The van der Waals surface area contributed by atoms with E-state index in [0.29, 0.717) is 17.4 Å². The van der Waals surface area contributed by atoms with Crippen molar-refractivity contribution < 1.29 is 4.74 Å². The largest absolute Gasteiger partial charge is 0.461 e. The summed E-state index contributed by atoms with van der Waals surface area (Å²) in [5.74, 6) is 0.503. The van der Waals surface area contributed by atoms with Crippen molar-refractivity contribution in [3.8, 4) is 6.01 Å². The van der Waals surface area contributed by atoms with Crippen LogP contribution in [0.25, 0.3) is 0 Å². The molecule has 1 atom stereocenters. The monoisotopic (exact) mass is 298 g/mol. The quantitative estimate of drug-likeness (QED) is 0.918. The first-order valence-electron chi connectivity index (χ1n) is 7.19. The average molecular weight is 299 g/mol. The predicted molar refractivity (Wildman–Crippen MR) is 80.3 cm³/mol. The first-order valence-corrected chi connectivity index (χ1v) is 7.57. The minimum Gasteiger partial charge on any atom is -0.461 e. The van der Waals surface area contributed by atoms with Gasteiger partial charge in [0.1, 0.15) is 0 Å². The van der Waals surface area contributed by atoms with Crippen molar-refractivity contribution in [2.75, 3.05) is 5.32 Å². The Bertz CT molecular complexity index is 464. The van der Waals surface area contributed by atoms with Crippen LogP contribution >= 0.6 is 11.6 Å². The lowest BCUT2D eigenvalue weighted by Gasteiger charge is -2.35. The highest BCUT2D eigenvalue weighted by Crippen LogP contribution is 2.36. The zero-order valence-electron chi connectivity index (χ0n) is 12.6. The van der Waals surface area contributed by atoms with Crippen molar-refractivity contribution in [1.29, 1.82) is 0 Å². The van der Waals surface area contributed by atoms with Gasteiger partial charge in [0, 0.05) is 6.04 Å². The van der Waals surface area contributed by atoms with Crippen LogP contribution in [0.2, 0.25) is 5.28 Å². The molecule has 0 aromatic carbocycles. The Morgan fingerprint density at radius 1 is 1.30 bits per heavy atom. The highest BCUT2D eigenvalue weighted by Gasteiger charge is 2.28. The Hall–Kier alpha value is -1.10. The van der Waals surface area contributed by atoms with E-state index < -0.39 is 0 Å². The van der Waals surface area contributed by atoms with Gasteiger partial charge in [0.25, 0.3) is 0 Å². The van der Waals surface area contributed by atoms with Gasteiger partial charge < -0.3 is 10.1 Å². The van der Waals surface area contributed by atoms with Crippen molar-refractivity contribution in [1.82, 2.24) is 15.0 Å². The lowest BCUT2D eigenvalue weighted by Crippen LogP contribution is -2.32. The maximum Gasteiger partial charge on any atom is 0.322 e. The van der Waals surface area contributed by atoms with Crippen LogP contribution in [0.5, 0.6) is 6.01 Å². The third-order valence-corrected chi connectivity index (χ3v) is 3.64. The van der Waals surface area contributed by atoms with E-state index in [1.54, 1.807) is 0 Å². The SMILES string of the molecule is CC(C)Oc1nc(Cl)nc(NC2CCCC(C)(C)C2)n1. The van der Waals surface area contributed by atoms with Gasteiger partial charge in [-0.15, -0.1) is 0 Å². The summed E-state index contributed by atoms with van der Waals surface area (Å²) in [7, 11) is 0. The molecule has 1 aromatic rings. The van der Waals surface area contributed by atoms with E-state index >= 15 is 0 Å². The summed E-state index contributed by atoms with van der Waals surface area (Å²) in [6, 6.07) is 0.654. The van der Waals surface area contributed by atoms with Crippen molar-refractivity contribution in [2.45, 2.75) is 65.5 Å². The topological polar surface area (TPSA) is 59.9 Å². The number of halogens is 1. The van der Waals surface area contributed by atoms with Crippen molar-refractivity contribution in [2.24, 2.45) is 5.41 Å². The van der Waals surface area contributed by atoms with Crippen LogP contribution < -0.4 is 10.1 Å². The normalized spacial score (nSPS) is 21.8. The Labute approximate surface area is 125 Å². The zero-order valence-corrected chi connectivity index (χ0v) is 13.4. The van der Waals surface area contributed by atoms with Gasteiger partial charge >= 0.3 is 6.01 Å². The first kappa shape index (κ1) is 15.3. The van der Waals surface area contributed by atoms with Gasteiger partial charge in [-0.1, -0.05) is 20.3 Å². The second-order valence-electron chi connectivity index (χ2n) is 6.48. The lowest BCUT2D eigenvalue weighted by atomic mass is 9.75. The summed E-state index contributed by atoms with van der Waals surface area (Å²) >= 11 is 5.92. The summed E-state index contributed by atoms with van der Waals surface area (Å²) in [6.45, 7) is 8.45. The molecule has 112 valence electrons. The smallest absolute Gasteiger partial charge is 0.322 e. The van der Waals surface area contributed by atoms with Gasteiger partial charge in [0.2, 0.25) is 11.2 Å². The number of rotatable bonds is 4. The van der Waals surface area contributed by atoms with E-state index in [2.05, 4.69) is 34.1 Å². The maximum absolute atomic E-state index is 5.92. The molecular weight excluding hydrogens is 276 g/mol. The molecule has 1 unspecified atom stereocenters. The van der Waals surface area contributed by atoms with Crippen molar-refractivity contribution in [3.63, 3.8) is 0 Å². The molecule has 1 aliphatic rings. The van der Waals surface area contributed by atoms with E-state index in [4.69, 9.17) is 16.3 Å². The highest BCUT2D eigenvalue weighted by molar-refractivity contribution is 6.28. The second kappa shape index (κ2) is 6.12. The fourth-order valence-corrected chi connectivity index (χ4v) is 2.82. The summed E-state index contributed by atoms with van der Waals surface area (Å²) < 4.78 is 5.48. The molecule has 0 saturated heterocycles. The van der Waals surface area contributed by atoms with Gasteiger partial charge in [-0.05, 0) is 50.1 Å². The molecule has 1 N–H and O–H groups in total. The van der Waals surface area contributed by atoms with Crippen LogP contribution in [0.3, 0.4) is 0 Å². The molecule has 0 aliphatic heterocycles. The summed E-state index contributed by atoms with van der Waals surface area (Å²) in [5.41, 5.74) is 0.365. The molecule has 1 aliphatic carbocycles. The highest BCUT2D eigenvalue weighted by atomic mass is 35.5. The van der Waals surface area contributed by atoms with Gasteiger partial charge in [-0.25, -0.2) is 0 Å². The van der Waals surface area contributed by atoms with E-state index in [0.717, 1.165) is 12.8 Å². The number of hydrogen-bond donors (Lipinski definition) is 1. The number of anilines is 1. The van der Waals surface area contributed by atoms with Crippen LogP contribution in [0, 0.1) is 5.41 Å². The average Bonchev–Trinajstić information content (AvgIpc) is 2.25. The molecule has 0 bridgehead atoms. The molecule has 20 heavy (non-hydrogen) atoms. The molecule has 6 heteroatoms. The van der Waals surface area contributed by atoms with Crippen LogP contribution in [0.15, 0.2) is 0 Å². The van der Waals surface area contributed by atoms with Crippen LogP contribution in [0.1, 0.15) is 53.4 Å². The third kappa shape index (κ3) is 4.47. The Morgan fingerprint density at radius 3 is 2.70 bits per heavy atom. The third-order valence-electron chi connectivity index (χ3n) is 3.47. The Kier molecular flexibility index (Phi) is 4.68. The van der Waals surface area contributed by atoms with Gasteiger partial charge in [-0.3, -0.25) is 0 Å². The van der Waals surface area contributed by atoms with Crippen LogP contribution in [-0.4, -0.2) is 27.1 Å². The molecule has 2 rings (SSSR count). The maximum atomic E-state index is 5.92. The van der Waals surface area contributed by atoms with Gasteiger partial charge in [0.05, 0.1) is 6.10 Å². The summed E-state index contributed by atoms with van der Waals surface area (Å²) in [6.07, 6.45) is 4.74. The molecule has 1 fully saturated rings. The second-order valence-corrected chi connectivity index (χ2v) is 6.82. The zero-order chi connectivity index (χ0) is 14.8. The van der Waals surface area contributed by atoms with E-state index in [1.165, 1.54) is 12.8 Å². The lowest BCUT2D eigenvalue weighted by molar-refractivity contribution is 0.220. The van der Waals surface area contributed by atoms with Crippen LogP contribution in [0.4, 0.5) is 5.95 Å². The van der Waals surface area contributed by atoms with Crippen molar-refractivity contribution >= 4 is 17.5 Å². The fourth-order valence-electron chi connectivity index (χ4n) is 2.66. The molecule has 0 spiro atoms. The molecule has 1 saturated carbocycles. The minimum atomic E-state index is 0.00919. The number of ether oxygens (including phenoxy) is 1. The molecule has 1 heterocycles. The van der Waals surface area contributed by atoms with E-state index in [1.807, 2.05) is 13.8 Å². The Balaban J connectivity index is 2.07. The number of aromatic nitrogens is 3. The number of nitrogens with one attached hydrogen (secondary N) is 1. The first-order chi connectivity index (χ1) is 9.34. The fraction of sp³-hybridized carbons (Fsp3) is 0.786. The summed E-state index contributed by atoms with van der Waals surface area (Å²) in [5, 5.41) is 3.52. The molecule has 5 nitrogen and oxygen atoms in total. The Morgan fingerprint density at radius 2 is 2.05 bits per heavy atom. The van der Waals surface area contributed by atoms with E-state index in [9.17, 15) is 0 Å². The minimum absolute atomic E-state index is 0.00919. The van der Waals surface area contributed by atoms with Gasteiger partial charge in [0.15, 0.2) is 0 Å². The predicted octanol–water partition coefficient (Wildman–Crippen LogP) is 3.69. The number of hydrogen-bond acceptors (Lipinski definition) is 5. The van der Waals surface area contributed by atoms with E-state index in [-0.39, 0.29) is 17.4 Å². The standard InChI is InChI=1S/C14H23ClN4O/c1-9(2)20-13-18-11(15)17-12(19-13)16-10-6-5-7-14(3,4)8-10/h9-10H,5-8H2,1-4H3,(H,16,17,18,19). The molecule has 0 amide bonds. The molecular formula is C14H23ClN4O.